The summed E-state index contributed by atoms with van der Waals surface area (Å²) in [6.45, 7) is 0.570. The van der Waals surface area contributed by atoms with E-state index in [1.807, 2.05) is 48.5 Å². The van der Waals surface area contributed by atoms with E-state index in [4.69, 9.17) is 16.3 Å². The lowest BCUT2D eigenvalue weighted by molar-refractivity contribution is 0.139. The maximum atomic E-state index is 11.6. The first-order chi connectivity index (χ1) is 9.78. The quantitative estimate of drug-likeness (QED) is 0.860. The molecule has 0 atom stereocenters. The summed E-state index contributed by atoms with van der Waals surface area (Å²) in [5, 5.41) is 2.65. The van der Waals surface area contributed by atoms with Crippen molar-refractivity contribution in [2.24, 2.45) is 0 Å². The minimum Gasteiger partial charge on any atom is -0.445 e. The number of amides is 1. The van der Waals surface area contributed by atoms with Gasteiger partial charge < -0.3 is 10.1 Å². The van der Waals surface area contributed by atoms with Crippen LogP contribution in [0.1, 0.15) is 17.0 Å². The van der Waals surface area contributed by atoms with Crippen LogP contribution in [0.2, 0.25) is 0 Å². The van der Waals surface area contributed by atoms with Gasteiger partial charge in [0.05, 0.1) is 23.8 Å². The predicted octanol–water partition coefficient (Wildman–Crippen LogP) is 3.25. The largest absolute Gasteiger partial charge is 0.445 e. The van der Waals surface area contributed by atoms with Crippen molar-refractivity contribution in [3.63, 3.8) is 0 Å². The Labute approximate surface area is 122 Å². The normalized spacial score (nSPS) is 10.1. The maximum absolute atomic E-state index is 11.6. The molecule has 1 amide bonds. The number of alkyl halides is 1. The molecule has 1 N–H and O–H groups in total. The van der Waals surface area contributed by atoms with Crippen LogP contribution < -0.4 is 5.32 Å². The zero-order valence-corrected chi connectivity index (χ0v) is 11.6. The van der Waals surface area contributed by atoms with Gasteiger partial charge >= 0.3 is 6.09 Å². The standard InChI is InChI=1S/C15H15ClN2O2/c16-9-13-7-4-8-14(18-13)10-17-15(19)20-11-12-5-2-1-3-6-12/h1-8H,9-11H2,(H,17,19). The summed E-state index contributed by atoms with van der Waals surface area (Å²) < 4.78 is 5.10. The molecular weight excluding hydrogens is 276 g/mol. The highest BCUT2D eigenvalue weighted by Crippen LogP contribution is 2.03. The van der Waals surface area contributed by atoms with E-state index in [0.717, 1.165) is 17.0 Å². The highest BCUT2D eigenvalue weighted by atomic mass is 35.5. The number of rotatable bonds is 5. The van der Waals surface area contributed by atoms with Crippen molar-refractivity contribution in [2.75, 3.05) is 0 Å². The lowest BCUT2D eigenvalue weighted by atomic mass is 10.2. The monoisotopic (exact) mass is 290 g/mol. The minimum atomic E-state index is -0.466. The lowest BCUT2D eigenvalue weighted by Crippen LogP contribution is -2.24. The van der Waals surface area contributed by atoms with E-state index in [1.54, 1.807) is 0 Å². The van der Waals surface area contributed by atoms with Crippen molar-refractivity contribution in [1.29, 1.82) is 0 Å². The Morgan fingerprint density at radius 3 is 2.60 bits per heavy atom. The van der Waals surface area contributed by atoms with Gasteiger partial charge in [0.25, 0.3) is 0 Å². The van der Waals surface area contributed by atoms with Gasteiger partial charge in [-0.05, 0) is 17.7 Å². The molecular formula is C15H15ClN2O2. The van der Waals surface area contributed by atoms with Crippen LogP contribution in [-0.2, 0) is 23.8 Å². The van der Waals surface area contributed by atoms with E-state index in [1.165, 1.54) is 0 Å². The van der Waals surface area contributed by atoms with Gasteiger partial charge in [0, 0.05) is 0 Å². The summed E-state index contributed by atoms with van der Waals surface area (Å²) in [7, 11) is 0. The van der Waals surface area contributed by atoms with E-state index in [-0.39, 0.29) is 6.61 Å². The van der Waals surface area contributed by atoms with Gasteiger partial charge in [-0.2, -0.15) is 0 Å². The van der Waals surface area contributed by atoms with Gasteiger partial charge in [-0.15, -0.1) is 11.6 Å². The van der Waals surface area contributed by atoms with Crippen molar-refractivity contribution in [3.05, 3.63) is 65.5 Å². The molecule has 0 saturated heterocycles. The van der Waals surface area contributed by atoms with Crippen LogP contribution in [0.4, 0.5) is 4.79 Å². The molecule has 0 radical (unpaired) electrons. The van der Waals surface area contributed by atoms with Gasteiger partial charge in [0.1, 0.15) is 6.61 Å². The first kappa shape index (κ1) is 14.3. The average molecular weight is 291 g/mol. The zero-order valence-electron chi connectivity index (χ0n) is 10.9. The highest BCUT2D eigenvalue weighted by Gasteiger charge is 2.03. The summed E-state index contributed by atoms with van der Waals surface area (Å²) in [6, 6.07) is 15.0. The van der Waals surface area contributed by atoms with E-state index in [2.05, 4.69) is 10.3 Å². The van der Waals surface area contributed by atoms with E-state index >= 15 is 0 Å². The average Bonchev–Trinajstić information content (AvgIpc) is 2.52. The summed E-state index contributed by atoms with van der Waals surface area (Å²) in [4.78, 5) is 15.8. The topological polar surface area (TPSA) is 51.2 Å². The highest BCUT2D eigenvalue weighted by molar-refractivity contribution is 6.16. The fourth-order valence-electron chi connectivity index (χ4n) is 1.64. The van der Waals surface area contributed by atoms with E-state index in [9.17, 15) is 4.79 Å². The third-order valence-electron chi connectivity index (χ3n) is 2.63. The number of aromatic nitrogens is 1. The number of nitrogens with zero attached hydrogens (tertiary/aromatic N) is 1. The van der Waals surface area contributed by atoms with Gasteiger partial charge in [0.2, 0.25) is 0 Å². The SMILES string of the molecule is O=C(NCc1cccc(CCl)n1)OCc1ccccc1. The molecule has 0 spiro atoms. The molecule has 20 heavy (non-hydrogen) atoms. The third-order valence-corrected chi connectivity index (χ3v) is 2.90. The minimum absolute atomic E-state index is 0.252. The Morgan fingerprint density at radius 1 is 1.10 bits per heavy atom. The molecule has 0 aliphatic rings. The number of carbonyl (C=O) groups excluding carboxylic acids is 1. The number of hydrogen-bond donors (Lipinski definition) is 1. The fraction of sp³-hybridized carbons (Fsp3) is 0.200. The first-order valence-electron chi connectivity index (χ1n) is 6.23. The molecule has 0 saturated carbocycles. The Bertz CT molecular complexity index is 561. The van der Waals surface area contributed by atoms with Crippen LogP contribution in [0.15, 0.2) is 48.5 Å². The van der Waals surface area contributed by atoms with Crippen LogP contribution in [0.25, 0.3) is 0 Å². The van der Waals surface area contributed by atoms with Crippen molar-refractivity contribution in [2.45, 2.75) is 19.0 Å². The summed E-state index contributed by atoms with van der Waals surface area (Å²) in [5.41, 5.74) is 2.48. The molecule has 0 aliphatic heterocycles. The molecule has 1 aromatic heterocycles. The summed E-state index contributed by atoms with van der Waals surface area (Å²) in [5.74, 6) is 0.353. The molecule has 1 aromatic carbocycles. The Kier molecular flexibility index (Phi) is 5.38. The van der Waals surface area contributed by atoms with Crippen molar-refractivity contribution < 1.29 is 9.53 Å². The molecule has 2 aromatic rings. The number of halogens is 1. The predicted molar refractivity (Wildman–Crippen MR) is 77.3 cm³/mol. The van der Waals surface area contributed by atoms with Crippen LogP contribution in [0, 0.1) is 0 Å². The second-order valence-corrected chi connectivity index (χ2v) is 4.44. The molecule has 0 aliphatic carbocycles. The van der Waals surface area contributed by atoms with Gasteiger partial charge in [-0.1, -0.05) is 36.4 Å². The van der Waals surface area contributed by atoms with Crippen LogP contribution in [-0.4, -0.2) is 11.1 Å². The van der Waals surface area contributed by atoms with Gasteiger partial charge in [0.15, 0.2) is 0 Å². The number of nitrogens with one attached hydrogen (secondary N) is 1. The van der Waals surface area contributed by atoms with Gasteiger partial charge in [-0.3, -0.25) is 4.98 Å². The molecule has 0 unspecified atom stereocenters. The number of carbonyl (C=O) groups is 1. The maximum Gasteiger partial charge on any atom is 0.407 e. The second kappa shape index (κ2) is 7.50. The molecule has 0 bridgehead atoms. The molecule has 0 fully saturated rings. The fourth-order valence-corrected chi connectivity index (χ4v) is 1.79. The summed E-state index contributed by atoms with van der Waals surface area (Å²) >= 11 is 5.70. The van der Waals surface area contributed by atoms with Crippen LogP contribution in [0.5, 0.6) is 0 Å². The number of alkyl carbamates (subject to hydrolysis) is 1. The Balaban J connectivity index is 1.77. The third kappa shape index (κ3) is 4.55. The molecule has 4 nitrogen and oxygen atoms in total. The van der Waals surface area contributed by atoms with Crippen molar-refractivity contribution in [3.8, 4) is 0 Å². The van der Waals surface area contributed by atoms with E-state index in [0.29, 0.717) is 12.4 Å². The molecule has 2 rings (SSSR count). The Morgan fingerprint density at radius 2 is 1.85 bits per heavy atom. The molecule has 104 valence electrons. The van der Waals surface area contributed by atoms with E-state index < -0.39 is 6.09 Å². The number of pyridine rings is 1. The zero-order chi connectivity index (χ0) is 14.2. The number of ether oxygens (including phenoxy) is 1. The lowest BCUT2D eigenvalue weighted by Gasteiger charge is -2.07. The number of hydrogen-bond acceptors (Lipinski definition) is 3. The van der Waals surface area contributed by atoms with Crippen LogP contribution in [0.3, 0.4) is 0 Å². The van der Waals surface area contributed by atoms with Gasteiger partial charge in [-0.25, -0.2) is 4.79 Å². The molecule has 5 heteroatoms. The van der Waals surface area contributed by atoms with Crippen molar-refractivity contribution in [1.82, 2.24) is 10.3 Å². The van der Waals surface area contributed by atoms with Crippen LogP contribution >= 0.6 is 11.6 Å². The Hall–Kier alpha value is -2.07. The summed E-state index contributed by atoms with van der Waals surface area (Å²) in [6.07, 6.45) is -0.466. The second-order valence-electron chi connectivity index (χ2n) is 4.17. The molecule has 1 heterocycles. The first-order valence-corrected chi connectivity index (χ1v) is 6.76. The smallest absolute Gasteiger partial charge is 0.407 e. The van der Waals surface area contributed by atoms with Crippen molar-refractivity contribution >= 4 is 17.7 Å². The number of benzene rings is 1.